The van der Waals surface area contributed by atoms with Gasteiger partial charge in [0.2, 0.25) is 0 Å². The van der Waals surface area contributed by atoms with Crippen molar-refractivity contribution in [3.8, 4) is 0 Å². The van der Waals surface area contributed by atoms with E-state index in [2.05, 4.69) is 11.9 Å². The van der Waals surface area contributed by atoms with E-state index in [1.54, 1.807) is 4.90 Å². The Morgan fingerprint density at radius 2 is 1.75 bits per heavy atom. The molecule has 0 radical (unpaired) electrons. The number of amides is 1. The molecule has 2 aliphatic heterocycles. The number of nitrogens with zero attached hydrogens (tertiary/aromatic N) is 2. The lowest BCUT2D eigenvalue weighted by Gasteiger charge is -2.39. The highest BCUT2D eigenvalue weighted by Gasteiger charge is 2.40. The molecule has 3 rings (SSSR count). The molecular formula is C18H23F3N2O. The minimum Gasteiger partial charge on any atom is -0.339 e. The van der Waals surface area contributed by atoms with Crippen LogP contribution in [0, 0.1) is 12.3 Å². The number of rotatable bonds is 1. The van der Waals surface area contributed by atoms with Crippen molar-refractivity contribution in [1.29, 1.82) is 0 Å². The predicted molar refractivity (Wildman–Crippen MR) is 85.9 cm³/mol. The lowest BCUT2D eigenvalue weighted by molar-refractivity contribution is -0.138. The zero-order chi connectivity index (χ0) is 17.5. The number of piperidine rings is 1. The first-order chi connectivity index (χ1) is 11.2. The molecule has 2 saturated heterocycles. The van der Waals surface area contributed by atoms with Crippen molar-refractivity contribution >= 4 is 5.91 Å². The number of carbonyl (C=O) groups is 1. The molecule has 0 unspecified atom stereocenters. The highest BCUT2D eigenvalue weighted by molar-refractivity contribution is 5.94. The number of hydrogen-bond acceptors (Lipinski definition) is 2. The fourth-order valence-corrected chi connectivity index (χ4v) is 3.99. The molecule has 0 N–H and O–H groups in total. The van der Waals surface area contributed by atoms with E-state index in [1.807, 2.05) is 0 Å². The summed E-state index contributed by atoms with van der Waals surface area (Å²) in [5.74, 6) is -0.290. The molecule has 0 atom stereocenters. The van der Waals surface area contributed by atoms with E-state index in [1.165, 1.54) is 19.1 Å². The Morgan fingerprint density at radius 3 is 2.29 bits per heavy atom. The van der Waals surface area contributed by atoms with Gasteiger partial charge in [-0.25, -0.2) is 0 Å². The average Bonchev–Trinajstić information content (AvgIpc) is 2.87. The minimum atomic E-state index is -4.43. The summed E-state index contributed by atoms with van der Waals surface area (Å²) < 4.78 is 39.1. The number of carbonyl (C=O) groups excluding carboxylic acids is 1. The summed E-state index contributed by atoms with van der Waals surface area (Å²) in [6.45, 7) is 4.81. The van der Waals surface area contributed by atoms with Gasteiger partial charge in [-0.1, -0.05) is 6.07 Å². The summed E-state index contributed by atoms with van der Waals surface area (Å²) in [5, 5.41) is 0. The molecule has 1 aromatic rings. The van der Waals surface area contributed by atoms with Gasteiger partial charge in [0.05, 0.1) is 5.56 Å². The van der Waals surface area contributed by atoms with Crippen molar-refractivity contribution in [2.75, 3.05) is 33.2 Å². The van der Waals surface area contributed by atoms with E-state index in [0.29, 0.717) is 13.1 Å². The standard InChI is InChI=1S/C18H23F3N2O/c1-13-3-4-14(11-15(13)18(19,20)21)16(24)23-9-6-17(7-10-23)5-8-22(2)12-17/h3-4,11H,5-10,12H2,1-2H3. The highest BCUT2D eigenvalue weighted by atomic mass is 19.4. The van der Waals surface area contributed by atoms with Crippen LogP contribution >= 0.6 is 0 Å². The third-order valence-corrected chi connectivity index (χ3v) is 5.53. The van der Waals surface area contributed by atoms with Gasteiger partial charge in [0.1, 0.15) is 0 Å². The van der Waals surface area contributed by atoms with Crippen LogP contribution in [0.15, 0.2) is 18.2 Å². The second kappa shape index (κ2) is 6.06. The van der Waals surface area contributed by atoms with Gasteiger partial charge in [-0.15, -0.1) is 0 Å². The molecule has 2 fully saturated rings. The fraction of sp³-hybridized carbons (Fsp3) is 0.611. The van der Waals surface area contributed by atoms with E-state index in [4.69, 9.17) is 0 Å². The van der Waals surface area contributed by atoms with Gasteiger partial charge in [0.15, 0.2) is 0 Å². The average molecular weight is 340 g/mol. The molecule has 2 heterocycles. The summed E-state index contributed by atoms with van der Waals surface area (Å²) in [6.07, 6.45) is -1.42. The van der Waals surface area contributed by atoms with Crippen LogP contribution in [0.2, 0.25) is 0 Å². The van der Waals surface area contributed by atoms with Crippen LogP contribution in [0.5, 0.6) is 0 Å². The third kappa shape index (κ3) is 3.29. The number of likely N-dealkylation sites (tertiary alicyclic amines) is 2. The van der Waals surface area contributed by atoms with Crippen LogP contribution in [0.3, 0.4) is 0 Å². The van der Waals surface area contributed by atoms with Gasteiger partial charge in [0.25, 0.3) is 5.91 Å². The topological polar surface area (TPSA) is 23.6 Å². The first kappa shape index (κ1) is 17.3. The molecule has 24 heavy (non-hydrogen) atoms. The summed E-state index contributed by atoms with van der Waals surface area (Å²) in [4.78, 5) is 16.6. The maximum atomic E-state index is 13.0. The smallest absolute Gasteiger partial charge is 0.339 e. The van der Waals surface area contributed by atoms with Crippen LogP contribution < -0.4 is 0 Å². The fourth-order valence-electron chi connectivity index (χ4n) is 3.99. The summed E-state index contributed by atoms with van der Waals surface area (Å²) in [7, 11) is 2.11. The molecule has 3 nitrogen and oxygen atoms in total. The molecule has 0 aromatic heterocycles. The molecule has 1 aromatic carbocycles. The Balaban J connectivity index is 1.72. The van der Waals surface area contributed by atoms with Crippen molar-refractivity contribution in [2.45, 2.75) is 32.4 Å². The van der Waals surface area contributed by atoms with Crippen molar-refractivity contribution in [1.82, 2.24) is 9.80 Å². The third-order valence-electron chi connectivity index (χ3n) is 5.53. The van der Waals surface area contributed by atoms with Crippen molar-refractivity contribution in [3.63, 3.8) is 0 Å². The molecule has 132 valence electrons. The monoisotopic (exact) mass is 340 g/mol. The maximum absolute atomic E-state index is 13.0. The van der Waals surface area contributed by atoms with Crippen LogP contribution in [-0.2, 0) is 6.18 Å². The van der Waals surface area contributed by atoms with Gasteiger partial charge >= 0.3 is 6.18 Å². The Morgan fingerprint density at radius 1 is 1.12 bits per heavy atom. The Labute approximate surface area is 140 Å². The molecule has 0 saturated carbocycles. The Hall–Kier alpha value is -1.56. The minimum absolute atomic E-state index is 0.132. The molecule has 6 heteroatoms. The quantitative estimate of drug-likeness (QED) is 0.780. The lowest BCUT2D eigenvalue weighted by atomic mass is 9.77. The zero-order valence-electron chi connectivity index (χ0n) is 14.1. The van der Waals surface area contributed by atoms with Crippen molar-refractivity contribution in [3.05, 3.63) is 34.9 Å². The predicted octanol–water partition coefficient (Wildman–Crippen LogP) is 3.57. The van der Waals surface area contributed by atoms with Crippen LogP contribution in [-0.4, -0.2) is 48.9 Å². The van der Waals surface area contributed by atoms with Crippen LogP contribution in [0.25, 0.3) is 0 Å². The van der Waals surface area contributed by atoms with Crippen molar-refractivity contribution < 1.29 is 18.0 Å². The van der Waals surface area contributed by atoms with E-state index < -0.39 is 11.7 Å². The Bertz CT molecular complexity index is 634. The van der Waals surface area contributed by atoms with E-state index in [-0.39, 0.29) is 22.4 Å². The van der Waals surface area contributed by atoms with Crippen molar-refractivity contribution in [2.24, 2.45) is 5.41 Å². The van der Waals surface area contributed by atoms with E-state index in [9.17, 15) is 18.0 Å². The largest absolute Gasteiger partial charge is 0.416 e. The molecule has 1 amide bonds. The van der Waals surface area contributed by atoms with E-state index in [0.717, 1.165) is 38.4 Å². The maximum Gasteiger partial charge on any atom is 0.416 e. The van der Waals surface area contributed by atoms with Gasteiger partial charge in [0, 0.05) is 25.2 Å². The molecular weight excluding hydrogens is 317 g/mol. The number of hydrogen-bond donors (Lipinski definition) is 0. The lowest BCUT2D eigenvalue weighted by Crippen LogP contribution is -2.44. The Kier molecular flexibility index (Phi) is 4.36. The summed E-state index contributed by atoms with van der Waals surface area (Å²) in [5.41, 5.74) is -0.159. The number of aryl methyl sites for hydroxylation is 1. The first-order valence-corrected chi connectivity index (χ1v) is 8.36. The normalized spacial score (nSPS) is 21.5. The summed E-state index contributed by atoms with van der Waals surface area (Å²) in [6, 6.07) is 3.87. The van der Waals surface area contributed by atoms with Crippen LogP contribution in [0.1, 0.15) is 40.7 Å². The highest BCUT2D eigenvalue weighted by Crippen LogP contribution is 2.40. The SMILES string of the molecule is Cc1ccc(C(=O)N2CCC3(CCN(C)C3)CC2)cc1C(F)(F)F. The summed E-state index contributed by atoms with van der Waals surface area (Å²) >= 11 is 0. The van der Waals surface area contributed by atoms with E-state index >= 15 is 0 Å². The molecule has 0 aliphatic carbocycles. The van der Waals surface area contributed by atoms with Gasteiger partial charge < -0.3 is 9.80 Å². The van der Waals surface area contributed by atoms with Gasteiger partial charge in [-0.3, -0.25) is 4.79 Å². The van der Waals surface area contributed by atoms with Gasteiger partial charge in [-0.2, -0.15) is 13.2 Å². The number of alkyl halides is 3. The molecule has 1 spiro atoms. The zero-order valence-corrected chi connectivity index (χ0v) is 14.1. The first-order valence-electron chi connectivity index (χ1n) is 8.36. The second-order valence-corrected chi connectivity index (χ2v) is 7.31. The van der Waals surface area contributed by atoms with Gasteiger partial charge in [-0.05, 0) is 62.9 Å². The number of benzene rings is 1. The number of halogens is 3. The second-order valence-electron chi connectivity index (χ2n) is 7.31. The molecule has 2 aliphatic rings. The molecule has 0 bridgehead atoms. The van der Waals surface area contributed by atoms with Crippen LogP contribution in [0.4, 0.5) is 13.2 Å².